The van der Waals surface area contributed by atoms with E-state index in [0.717, 1.165) is 11.1 Å². The minimum Gasteiger partial charge on any atom is -0.459 e. The molecule has 2 rings (SSSR count). The van der Waals surface area contributed by atoms with Gasteiger partial charge in [0, 0.05) is 19.2 Å². The van der Waals surface area contributed by atoms with Gasteiger partial charge in [0.15, 0.2) is 5.76 Å². The molecular weight excluding hydrogens is 258 g/mol. The number of aliphatic hydroxyl groups is 1. The van der Waals surface area contributed by atoms with Crippen LogP contribution in [-0.4, -0.2) is 37.4 Å². The van der Waals surface area contributed by atoms with Gasteiger partial charge < -0.3 is 19.6 Å². The van der Waals surface area contributed by atoms with Crippen LogP contribution in [-0.2, 0) is 4.74 Å². The van der Waals surface area contributed by atoms with Gasteiger partial charge in [0.25, 0.3) is 5.91 Å². The molecule has 1 unspecified atom stereocenters. The van der Waals surface area contributed by atoms with Gasteiger partial charge in [-0.15, -0.1) is 0 Å². The van der Waals surface area contributed by atoms with Crippen LogP contribution in [0.4, 0.5) is 0 Å². The molecular formula is C15H17NO4. The Kier molecular flexibility index (Phi) is 4.92. The molecule has 20 heavy (non-hydrogen) atoms. The van der Waals surface area contributed by atoms with Gasteiger partial charge in [-0.1, -0.05) is 30.3 Å². The van der Waals surface area contributed by atoms with Crippen LogP contribution in [0.1, 0.15) is 10.6 Å². The maximum atomic E-state index is 12.1. The number of carbonyl (C=O) groups is 1. The topological polar surface area (TPSA) is 71.7 Å². The number of rotatable bonds is 6. The van der Waals surface area contributed by atoms with E-state index in [1.165, 1.54) is 13.4 Å². The first-order chi connectivity index (χ1) is 9.72. The van der Waals surface area contributed by atoms with Crippen molar-refractivity contribution in [3.63, 3.8) is 0 Å². The van der Waals surface area contributed by atoms with Gasteiger partial charge in [-0.05, 0) is 11.6 Å². The molecule has 5 nitrogen and oxygen atoms in total. The maximum Gasteiger partial charge on any atom is 0.287 e. The number of hydrogen-bond donors (Lipinski definition) is 2. The quantitative estimate of drug-likeness (QED) is 0.841. The van der Waals surface area contributed by atoms with E-state index in [0.29, 0.717) is 0 Å². The predicted molar refractivity (Wildman–Crippen MR) is 74.4 cm³/mol. The van der Waals surface area contributed by atoms with Gasteiger partial charge >= 0.3 is 0 Å². The fourth-order valence-electron chi connectivity index (χ4n) is 1.87. The van der Waals surface area contributed by atoms with Crippen LogP contribution in [0.2, 0.25) is 0 Å². The van der Waals surface area contributed by atoms with Crippen molar-refractivity contribution in [3.05, 3.63) is 48.4 Å². The molecule has 0 saturated carbocycles. The van der Waals surface area contributed by atoms with E-state index >= 15 is 0 Å². The number of ether oxygens (including phenoxy) is 1. The van der Waals surface area contributed by atoms with Crippen LogP contribution in [0.5, 0.6) is 0 Å². The normalized spacial score (nSPS) is 12.1. The average molecular weight is 275 g/mol. The van der Waals surface area contributed by atoms with Crippen LogP contribution < -0.4 is 5.32 Å². The number of furan rings is 1. The zero-order valence-corrected chi connectivity index (χ0v) is 11.2. The Labute approximate surface area is 117 Å². The number of benzene rings is 1. The summed E-state index contributed by atoms with van der Waals surface area (Å²) in [6.45, 7) is 0.283. The van der Waals surface area contributed by atoms with Crippen molar-refractivity contribution in [1.82, 2.24) is 5.32 Å². The highest BCUT2D eigenvalue weighted by Gasteiger charge is 2.17. The monoisotopic (exact) mass is 275 g/mol. The van der Waals surface area contributed by atoms with Crippen molar-refractivity contribution in [2.45, 2.75) is 6.10 Å². The summed E-state index contributed by atoms with van der Waals surface area (Å²) < 4.78 is 10.0. The summed E-state index contributed by atoms with van der Waals surface area (Å²) in [4.78, 5) is 12.1. The van der Waals surface area contributed by atoms with Crippen molar-refractivity contribution in [3.8, 4) is 11.1 Å². The number of hydrogen-bond acceptors (Lipinski definition) is 4. The maximum absolute atomic E-state index is 12.1. The summed E-state index contributed by atoms with van der Waals surface area (Å²) in [5, 5.41) is 12.1. The Bertz CT molecular complexity index is 550. The summed E-state index contributed by atoms with van der Waals surface area (Å²) in [5.74, 6) is -0.121. The number of methoxy groups -OCH3 is 1. The Balaban J connectivity index is 2.07. The minimum absolute atomic E-state index is 0.113. The van der Waals surface area contributed by atoms with E-state index in [9.17, 15) is 9.90 Å². The van der Waals surface area contributed by atoms with Crippen LogP contribution >= 0.6 is 0 Å². The fourth-order valence-corrected chi connectivity index (χ4v) is 1.87. The molecule has 0 aliphatic carbocycles. The molecule has 1 amide bonds. The molecule has 2 N–H and O–H groups in total. The second-order valence-corrected chi connectivity index (χ2v) is 4.35. The van der Waals surface area contributed by atoms with Crippen molar-refractivity contribution in [2.75, 3.05) is 20.3 Å². The zero-order chi connectivity index (χ0) is 14.4. The summed E-state index contributed by atoms with van der Waals surface area (Å²) >= 11 is 0. The lowest BCUT2D eigenvalue weighted by Gasteiger charge is -2.10. The summed E-state index contributed by atoms with van der Waals surface area (Å²) in [7, 11) is 1.49. The molecule has 0 aliphatic rings. The molecule has 1 aromatic carbocycles. The highest BCUT2D eigenvalue weighted by Crippen LogP contribution is 2.24. The molecule has 1 aromatic heterocycles. The van der Waals surface area contributed by atoms with E-state index in [1.807, 2.05) is 30.3 Å². The minimum atomic E-state index is -0.737. The predicted octanol–water partition coefficient (Wildman–Crippen LogP) is 1.68. The fraction of sp³-hybridized carbons (Fsp3) is 0.267. The van der Waals surface area contributed by atoms with Gasteiger partial charge in [-0.3, -0.25) is 4.79 Å². The third-order valence-electron chi connectivity index (χ3n) is 2.81. The van der Waals surface area contributed by atoms with Gasteiger partial charge in [-0.25, -0.2) is 0 Å². The lowest BCUT2D eigenvalue weighted by molar-refractivity contribution is 0.0603. The van der Waals surface area contributed by atoms with Crippen LogP contribution in [0, 0.1) is 0 Å². The Morgan fingerprint density at radius 3 is 2.80 bits per heavy atom. The first kappa shape index (κ1) is 14.3. The number of amides is 1. The highest BCUT2D eigenvalue weighted by molar-refractivity contribution is 5.98. The molecule has 5 heteroatoms. The van der Waals surface area contributed by atoms with Crippen molar-refractivity contribution >= 4 is 5.91 Å². The number of aliphatic hydroxyl groups excluding tert-OH is 1. The van der Waals surface area contributed by atoms with Crippen LogP contribution in [0.15, 0.2) is 47.1 Å². The summed E-state index contributed by atoms with van der Waals surface area (Å²) in [6.07, 6.45) is 0.738. The molecule has 0 saturated heterocycles. The lowest BCUT2D eigenvalue weighted by atomic mass is 10.1. The molecule has 106 valence electrons. The molecule has 1 atom stereocenters. The number of carbonyl (C=O) groups excluding carboxylic acids is 1. The molecule has 0 fully saturated rings. The van der Waals surface area contributed by atoms with Crippen LogP contribution in [0.3, 0.4) is 0 Å². The van der Waals surface area contributed by atoms with E-state index < -0.39 is 6.10 Å². The Morgan fingerprint density at radius 2 is 2.10 bits per heavy atom. The van der Waals surface area contributed by atoms with E-state index in [1.54, 1.807) is 6.07 Å². The summed E-state index contributed by atoms with van der Waals surface area (Å²) in [5.41, 5.74) is 1.63. The second kappa shape index (κ2) is 6.88. The lowest BCUT2D eigenvalue weighted by Crippen LogP contribution is -2.34. The second-order valence-electron chi connectivity index (χ2n) is 4.35. The molecule has 0 spiro atoms. The van der Waals surface area contributed by atoms with Crippen molar-refractivity contribution in [2.24, 2.45) is 0 Å². The van der Waals surface area contributed by atoms with Gasteiger partial charge in [0.1, 0.15) is 0 Å². The van der Waals surface area contributed by atoms with Gasteiger partial charge in [0.05, 0.1) is 19.0 Å². The number of nitrogens with one attached hydrogen (secondary N) is 1. The van der Waals surface area contributed by atoms with E-state index in [2.05, 4.69) is 5.32 Å². The summed E-state index contributed by atoms with van der Waals surface area (Å²) in [6, 6.07) is 11.3. The first-order valence-electron chi connectivity index (χ1n) is 6.30. The largest absolute Gasteiger partial charge is 0.459 e. The van der Waals surface area contributed by atoms with Crippen molar-refractivity contribution in [1.29, 1.82) is 0 Å². The smallest absolute Gasteiger partial charge is 0.287 e. The van der Waals surface area contributed by atoms with Gasteiger partial charge in [-0.2, -0.15) is 0 Å². The molecule has 0 aliphatic heterocycles. The van der Waals surface area contributed by atoms with Crippen molar-refractivity contribution < 1.29 is 19.1 Å². The zero-order valence-electron chi connectivity index (χ0n) is 11.2. The Hall–Kier alpha value is -2.11. The first-order valence-corrected chi connectivity index (χ1v) is 6.30. The van der Waals surface area contributed by atoms with E-state index in [4.69, 9.17) is 9.15 Å². The average Bonchev–Trinajstić information content (AvgIpc) is 2.95. The van der Waals surface area contributed by atoms with Gasteiger partial charge in [0.2, 0.25) is 0 Å². The Morgan fingerprint density at radius 1 is 1.35 bits per heavy atom. The molecule has 2 aromatic rings. The standard InChI is InChI=1S/C15H17NO4/c1-19-10-12(17)9-16-15(18)14-13(7-8-20-14)11-5-3-2-4-6-11/h2-8,12,17H,9-10H2,1H3,(H,16,18). The third-order valence-corrected chi connectivity index (χ3v) is 2.81. The highest BCUT2D eigenvalue weighted by atomic mass is 16.5. The molecule has 0 radical (unpaired) electrons. The van der Waals surface area contributed by atoms with E-state index in [-0.39, 0.29) is 24.8 Å². The third kappa shape index (κ3) is 3.46. The molecule has 0 bridgehead atoms. The SMILES string of the molecule is COCC(O)CNC(=O)c1occc1-c1ccccc1. The van der Waals surface area contributed by atoms with Crippen LogP contribution in [0.25, 0.3) is 11.1 Å². The molecule has 1 heterocycles.